The number of alkyl halides is 3. The number of halogens is 3. The number of allylic oxidation sites excluding steroid dienone is 2. The average molecular weight is 872 g/mol. The van der Waals surface area contributed by atoms with Crippen LogP contribution in [0.15, 0.2) is 66.7 Å². The Labute approximate surface area is 308 Å². The minimum absolute atomic E-state index is 0. The molecular formula is C40H50F3IrN2O2S-. The van der Waals surface area contributed by atoms with E-state index in [2.05, 4.69) is 55.0 Å². The molecule has 0 aliphatic rings. The van der Waals surface area contributed by atoms with Crippen LogP contribution in [0.4, 0.5) is 13.2 Å². The molecule has 0 atom stereocenters. The largest absolute Gasteiger partial charge is 0.512 e. The van der Waals surface area contributed by atoms with Gasteiger partial charge in [0.1, 0.15) is 0 Å². The molecule has 2 aromatic heterocycles. The number of hydrogen-bond donors (Lipinski definition) is 1. The molecule has 1 N–H and O–H groups in total. The molecule has 49 heavy (non-hydrogen) atoms. The monoisotopic (exact) mass is 872 g/mol. The van der Waals surface area contributed by atoms with Gasteiger partial charge in [-0.05, 0) is 42.7 Å². The number of hydrogen-bond acceptors (Lipinski definition) is 5. The van der Waals surface area contributed by atoms with E-state index in [1.165, 1.54) is 42.2 Å². The van der Waals surface area contributed by atoms with E-state index < -0.39 is 11.6 Å². The molecular weight excluding hydrogens is 822 g/mol. The van der Waals surface area contributed by atoms with E-state index in [9.17, 15) is 23.1 Å². The summed E-state index contributed by atoms with van der Waals surface area (Å²) in [6, 6.07) is 17.6. The summed E-state index contributed by atoms with van der Waals surface area (Å²) in [6.07, 6.45) is 3.86. The molecule has 0 spiro atoms. The number of carbonyl (C=O) groups excluding carboxylic acids is 1. The maximum absolute atomic E-state index is 13.3. The maximum Gasteiger partial charge on any atom is 0.394 e. The Bertz CT molecular complexity index is 1700. The zero-order chi connectivity index (χ0) is 35.9. The van der Waals surface area contributed by atoms with Crippen LogP contribution in [-0.2, 0) is 36.7 Å². The van der Waals surface area contributed by atoms with Gasteiger partial charge >= 0.3 is 6.18 Å². The summed E-state index contributed by atoms with van der Waals surface area (Å²) in [6.45, 7) is 17.0. The first-order valence-corrected chi connectivity index (χ1v) is 17.6. The summed E-state index contributed by atoms with van der Waals surface area (Å²) in [4.78, 5) is 21.4. The third-order valence-corrected chi connectivity index (χ3v) is 9.95. The van der Waals surface area contributed by atoms with Gasteiger partial charge < -0.3 is 5.11 Å². The van der Waals surface area contributed by atoms with Gasteiger partial charge in [-0.1, -0.05) is 97.5 Å². The van der Waals surface area contributed by atoms with Crippen LogP contribution in [0.3, 0.4) is 0 Å². The Hall–Kier alpha value is -2.87. The second kappa shape index (κ2) is 17.9. The molecule has 2 heterocycles. The Morgan fingerprint density at radius 3 is 2.10 bits per heavy atom. The second-order valence-corrected chi connectivity index (χ2v) is 15.1. The molecule has 0 aliphatic carbocycles. The van der Waals surface area contributed by atoms with E-state index in [-0.39, 0.29) is 55.3 Å². The molecule has 0 fully saturated rings. The number of aliphatic hydroxyl groups is 1. The zero-order valence-corrected chi connectivity index (χ0v) is 33.3. The van der Waals surface area contributed by atoms with Crippen LogP contribution in [0, 0.1) is 23.3 Å². The van der Waals surface area contributed by atoms with E-state index in [0.29, 0.717) is 5.01 Å². The van der Waals surface area contributed by atoms with Crippen LogP contribution in [0.2, 0.25) is 0 Å². The molecule has 4 aromatic rings. The van der Waals surface area contributed by atoms with Crippen LogP contribution >= 0.6 is 11.3 Å². The fourth-order valence-electron chi connectivity index (χ4n) is 5.50. The van der Waals surface area contributed by atoms with Gasteiger partial charge in [-0.3, -0.25) is 9.78 Å². The number of pyridine rings is 1. The summed E-state index contributed by atoms with van der Waals surface area (Å²) in [5.41, 5.74) is 1.88. The number of benzene rings is 2. The quantitative estimate of drug-likeness (QED) is 0.0926. The first kappa shape index (κ1) is 42.3. The molecule has 9 heteroatoms. The minimum atomic E-state index is -4.28. The van der Waals surface area contributed by atoms with Crippen LogP contribution in [0.5, 0.6) is 0 Å². The number of nitrogens with zero attached hydrogens (tertiary/aromatic N) is 2. The van der Waals surface area contributed by atoms with Gasteiger partial charge in [0, 0.05) is 62.5 Å². The normalized spacial score (nSPS) is 12.6. The summed E-state index contributed by atoms with van der Waals surface area (Å²) >= 11 is 1.29. The Morgan fingerprint density at radius 2 is 1.53 bits per heavy atom. The predicted molar refractivity (Wildman–Crippen MR) is 193 cm³/mol. The molecule has 0 aliphatic heterocycles. The smallest absolute Gasteiger partial charge is 0.394 e. The zero-order valence-electron chi connectivity index (χ0n) is 30.1. The molecule has 0 saturated heterocycles. The first-order valence-electron chi connectivity index (χ1n) is 16.8. The molecule has 0 saturated carbocycles. The van der Waals surface area contributed by atoms with Gasteiger partial charge in [-0.2, -0.15) is 13.2 Å². The number of ketones is 1. The molecule has 269 valence electrons. The van der Waals surface area contributed by atoms with Crippen molar-refractivity contribution in [2.75, 3.05) is 0 Å². The Balaban J connectivity index is 0.000000444. The first-order chi connectivity index (χ1) is 22.4. The van der Waals surface area contributed by atoms with Crippen molar-refractivity contribution < 1.29 is 43.2 Å². The molecule has 0 unspecified atom stereocenters. The molecule has 0 amide bonds. The van der Waals surface area contributed by atoms with Crippen molar-refractivity contribution in [3.63, 3.8) is 0 Å². The van der Waals surface area contributed by atoms with Gasteiger partial charge in [0.15, 0.2) is 5.78 Å². The van der Waals surface area contributed by atoms with E-state index in [1.54, 1.807) is 12.4 Å². The van der Waals surface area contributed by atoms with Gasteiger partial charge in [0.05, 0.1) is 21.1 Å². The summed E-state index contributed by atoms with van der Waals surface area (Å²) in [5.74, 6) is 0.547. The molecule has 0 bridgehead atoms. The predicted octanol–water partition coefficient (Wildman–Crippen LogP) is 12.1. The molecule has 2 aromatic carbocycles. The van der Waals surface area contributed by atoms with Gasteiger partial charge in [0.25, 0.3) is 0 Å². The summed E-state index contributed by atoms with van der Waals surface area (Å²) < 4.78 is 39.8. The number of rotatable bonds is 11. The Morgan fingerprint density at radius 1 is 0.918 bits per heavy atom. The summed E-state index contributed by atoms with van der Waals surface area (Å²) in [7, 11) is 0. The van der Waals surface area contributed by atoms with Crippen molar-refractivity contribution >= 4 is 27.9 Å². The van der Waals surface area contributed by atoms with Crippen LogP contribution in [0.25, 0.3) is 32.5 Å². The van der Waals surface area contributed by atoms with E-state index >= 15 is 0 Å². The topological polar surface area (TPSA) is 63.1 Å². The second-order valence-electron chi connectivity index (χ2n) is 14.0. The number of fused-ring (bicyclic) bond motifs is 1. The molecule has 4 rings (SSSR count). The van der Waals surface area contributed by atoms with Crippen molar-refractivity contribution in [3.8, 4) is 21.7 Å². The van der Waals surface area contributed by atoms with Crippen molar-refractivity contribution in [1.82, 2.24) is 9.97 Å². The third-order valence-electron chi connectivity index (χ3n) is 8.90. The fraction of sp³-hybridized carbons (Fsp3) is 0.475. The van der Waals surface area contributed by atoms with Crippen molar-refractivity contribution in [1.29, 1.82) is 0 Å². The Kier molecular flexibility index (Phi) is 15.4. The summed E-state index contributed by atoms with van der Waals surface area (Å²) in [5, 5.41) is 12.4. The van der Waals surface area contributed by atoms with E-state index in [1.807, 2.05) is 52.0 Å². The minimum Gasteiger partial charge on any atom is -0.512 e. The van der Waals surface area contributed by atoms with Gasteiger partial charge in [-0.25, -0.2) is 4.98 Å². The van der Waals surface area contributed by atoms with Crippen LogP contribution in [0.1, 0.15) is 98.6 Å². The van der Waals surface area contributed by atoms with Crippen molar-refractivity contribution in [2.24, 2.45) is 17.3 Å². The van der Waals surface area contributed by atoms with E-state index in [0.717, 1.165) is 52.8 Å². The average Bonchev–Trinajstić information content (AvgIpc) is 3.49. The van der Waals surface area contributed by atoms with Crippen LogP contribution < -0.4 is 0 Å². The number of aliphatic hydroxyl groups excluding tert-OH is 1. The van der Waals surface area contributed by atoms with E-state index in [4.69, 9.17) is 0 Å². The van der Waals surface area contributed by atoms with Crippen molar-refractivity contribution in [2.45, 2.75) is 106 Å². The number of thiazole rings is 1. The molecule has 4 nitrogen and oxygen atoms in total. The third kappa shape index (κ3) is 11.1. The van der Waals surface area contributed by atoms with Gasteiger partial charge in [0.2, 0.25) is 0 Å². The standard InChI is InChI=1S/C27H26F3N2S.C13H24O2.Ir/c1-25(2,3)21-13-19(12-17-8-6-7-9-20(17)21)22-14-18(10-11-31-22)23-16-32-24(33-23)15-26(4,5)27(28,29)30;1-5-10(6-2)12(14)9-13(15)11(7-3)8-4;/h6-11,13-14,16H,15H2,1-5H3;9-11,14H,5-8H2,1-4H3;/q-1;;/b;12-9-;. The number of carbonyl (C=O) groups is 1. The molecule has 1 radical (unpaired) electrons. The number of aromatic nitrogens is 2. The van der Waals surface area contributed by atoms with Crippen molar-refractivity contribution in [3.05, 3.63) is 83.3 Å². The SMILES string of the molecule is CC(C)(C)c1cc(-c2cc(-c3cnc(CC(C)(C)C(F)(F)F)s3)ccn2)[c-]c2ccccc12.CCC(CC)C(=O)/C=C(\O)C(CC)CC.[Ir]. The maximum atomic E-state index is 13.3. The van der Waals surface area contributed by atoms with Crippen LogP contribution in [-0.4, -0.2) is 27.0 Å². The fourth-order valence-corrected chi connectivity index (χ4v) is 6.65. The van der Waals surface area contributed by atoms with Gasteiger partial charge in [-0.15, -0.1) is 40.5 Å².